The van der Waals surface area contributed by atoms with Gasteiger partial charge in [0, 0.05) is 25.5 Å². The number of carboxylic acid groups (broad SMARTS) is 1. The highest BCUT2D eigenvalue weighted by molar-refractivity contribution is 7.99. The first-order valence-corrected chi connectivity index (χ1v) is 7.11. The fourth-order valence-corrected chi connectivity index (χ4v) is 2.41. The molecule has 0 radical (unpaired) electrons. The van der Waals surface area contributed by atoms with Gasteiger partial charge in [-0.3, -0.25) is 9.36 Å². The van der Waals surface area contributed by atoms with E-state index in [4.69, 9.17) is 5.11 Å². The van der Waals surface area contributed by atoms with Gasteiger partial charge in [0.05, 0.1) is 12.1 Å². The molecule has 0 saturated heterocycles. The molecular formula is C11H15N5O3S. The number of aromatic nitrogens is 5. The number of aryl methyl sites for hydroxylation is 1. The van der Waals surface area contributed by atoms with E-state index in [1.807, 2.05) is 10.8 Å². The number of nitrogens with zero attached hydrogens (tertiary/aromatic N) is 4. The molecule has 108 valence electrons. The van der Waals surface area contributed by atoms with Crippen LogP contribution in [0.4, 0.5) is 0 Å². The predicted molar refractivity (Wildman–Crippen MR) is 72.7 cm³/mol. The van der Waals surface area contributed by atoms with Crippen molar-refractivity contribution in [1.82, 2.24) is 24.3 Å². The summed E-state index contributed by atoms with van der Waals surface area (Å²) in [6, 6.07) is 0. The summed E-state index contributed by atoms with van der Waals surface area (Å²) in [5.41, 5.74) is -0.305. The maximum absolute atomic E-state index is 11.6. The SMILES string of the molecule is O=C(O)CSc1n[nH]c(=O)n1CCCCn1ccnc1. The van der Waals surface area contributed by atoms with Crippen molar-refractivity contribution in [1.29, 1.82) is 0 Å². The molecule has 9 heteroatoms. The van der Waals surface area contributed by atoms with Crippen LogP contribution in [-0.4, -0.2) is 41.1 Å². The summed E-state index contributed by atoms with van der Waals surface area (Å²) in [5, 5.41) is 15.2. The predicted octanol–water partition coefficient (Wildman–Crippen LogP) is 0.425. The lowest BCUT2D eigenvalue weighted by atomic mass is 10.3. The van der Waals surface area contributed by atoms with Gasteiger partial charge in [-0.1, -0.05) is 11.8 Å². The molecule has 2 heterocycles. The monoisotopic (exact) mass is 297 g/mol. The van der Waals surface area contributed by atoms with E-state index in [0.29, 0.717) is 11.7 Å². The lowest BCUT2D eigenvalue weighted by molar-refractivity contribution is -0.133. The van der Waals surface area contributed by atoms with Crippen molar-refractivity contribution in [2.45, 2.75) is 31.1 Å². The highest BCUT2D eigenvalue weighted by Crippen LogP contribution is 2.13. The van der Waals surface area contributed by atoms with Crippen LogP contribution < -0.4 is 5.69 Å². The van der Waals surface area contributed by atoms with E-state index in [-0.39, 0.29) is 11.4 Å². The Bertz CT molecular complexity index is 604. The molecule has 2 aromatic heterocycles. The molecule has 0 amide bonds. The van der Waals surface area contributed by atoms with Crippen molar-refractivity contribution in [2.24, 2.45) is 0 Å². The number of hydrogen-bond acceptors (Lipinski definition) is 5. The molecule has 0 aliphatic rings. The minimum Gasteiger partial charge on any atom is -0.481 e. The second-order valence-electron chi connectivity index (χ2n) is 4.15. The second-order valence-corrected chi connectivity index (χ2v) is 5.10. The second kappa shape index (κ2) is 6.94. The van der Waals surface area contributed by atoms with Gasteiger partial charge in [0.1, 0.15) is 0 Å². The van der Waals surface area contributed by atoms with Crippen molar-refractivity contribution in [2.75, 3.05) is 5.75 Å². The minimum atomic E-state index is -0.933. The van der Waals surface area contributed by atoms with Gasteiger partial charge in [-0.25, -0.2) is 14.9 Å². The molecule has 0 aromatic carbocycles. The number of unbranched alkanes of at least 4 members (excludes halogenated alkanes) is 1. The maximum Gasteiger partial charge on any atom is 0.343 e. The van der Waals surface area contributed by atoms with E-state index < -0.39 is 5.97 Å². The number of carboxylic acids is 1. The Balaban J connectivity index is 1.83. The zero-order valence-electron chi connectivity index (χ0n) is 10.7. The van der Waals surface area contributed by atoms with Gasteiger partial charge in [-0.15, -0.1) is 5.10 Å². The van der Waals surface area contributed by atoms with Crippen molar-refractivity contribution in [3.63, 3.8) is 0 Å². The third-order valence-corrected chi connectivity index (χ3v) is 3.62. The summed E-state index contributed by atoms with van der Waals surface area (Å²) < 4.78 is 3.44. The minimum absolute atomic E-state index is 0.112. The van der Waals surface area contributed by atoms with Crippen LogP contribution in [0.1, 0.15) is 12.8 Å². The molecule has 20 heavy (non-hydrogen) atoms. The van der Waals surface area contributed by atoms with Crippen LogP contribution in [0.15, 0.2) is 28.7 Å². The first-order valence-electron chi connectivity index (χ1n) is 6.12. The van der Waals surface area contributed by atoms with Gasteiger partial charge in [0.15, 0.2) is 5.16 Å². The van der Waals surface area contributed by atoms with Crippen molar-refractivity contribution < 1.29 is 9.90 Å². The number of H-pyrrole nitrogens is 1. The summed E-state index contributed by atoms with van der Waals surface area (Å²) in [6.45, 7) is 1.36. The number of nitrogens with one attached hydrogen (secondary N) is 1. The van der Waals surface area contributed by atoms with Crippen molar-refractivity contribution >= 4 is 17.7 Å². The van der Waals surface area contributed by atoms with Crippen LogP contribution >= 0.6 is 11.8 Å². The van der Waals surface area contributed by atoms with E-state index in [1.165, 1.54) is 4.57 Å². The summed E-state index contributed by atoms with van der Waals surface area (Å²) in [6.07, 6.45) is 7.06. The normalized spacial score (nSPS) is 10.8. The highest BCUT2D eigenvalue weighted by atomic mass is 32.2. The lowest BCUT2D eigenvalue weighted by Crippen LogP contribution is -2.18. The molecule has 0 bridgehead atoms. The molecule has 2 rings (SSSR count). The number of rotatable bonds is 8. The third kappa shape index (κ3) is 3.98. The van der Waals surface area contributed by atoms with Crippen molar-refractivity contribution in [3.8, 4) is 0 Å². The van der Waals surface area contributed by atoms with Gasteiger partial charge in [0.2, 0.25) is 0 Å². The zero-order valence-corrected chi connectivity index (χ0v) is 11.5. The standard InChI is InChI=1S/C11H15N5O3S/c17-9(18)7-20-11-14-13-10(19)16(11)5-2-1-4-15-6-3-12-8-15/h3,6,8H,1-2,4-5,7H2,(H,13,19)(H,17,18). The van der Waals surface area contributed by atoms with Crippen LogP contribution in [0, 0.1) is 0 Å². The smallest absolute Gasteiger partial charge is 0.343 e. The molecule has 2 aromatic rings. The van der Waals surface area contributed by atoms with Crippen LogP contribution in [0.2, 0.25) is 0 Å². The number of carbonyl (C=O) groups is 1. The zero-order chi connectivity index (χ0) is 14.4. The molecular weight excluding hydrogens is 282 g/mol. The molecule has 0 spiro atoms. The van der Waals surface area contributed by atoms with E-state index in [9.17, 15) is 9.59 Å². The first-order chi connectivity index (χ1) is 9.66. The summed E-state index contributed by atoms with van der Waals surface area (Å²) >= 11 is 1.04. The molecule has 0 fully saturated rings. The molecule has 0 aliphatic carbocycles. The Morgan fingerprint density at radius 3 is 2.90 bits per heavy atom. The average molecular weight is 297 g/mol. The van der Waals surface area contributed by atoms with Gasteiger partial charge >= 0.3 is 11.7 Å². The first kappa shape index (κ1) is 14.4. The molecule has 0 atom stereocenters. The topological polar surface area (TPSA) is 106 Å². The molecule has 0 saturated carbocycles. The van der Waals surface area contributed by atoms with Crippen LogP contribution in [0.5, 0.6) is 0 Å². The van der Waals surface area contributed by atoms with Gasteiger partial charge in [-0.05, 0) is 12.8 Å². The average Bonchev–Trinajstić information content (AvgIpc) is 3.03. The Hall–Kier alpha value is -2.03. The Labute approximate surface area is 118 Å². The Morgan fingerprint density at radius 1 is 1.40 bits per heavy atom. The summed E-state index contributed by atoms with van der Waals surface area (Å²) in [5.74, 6) is -1.05. The molecule has 2 N–H and O–H groups in total. The van der Waals surface area contributed by atoms with E-state index in [2.05, 4.69) is 15.2 Å². The summed E-state index contributed by atoms with van der Waals surface area (Å²) in [7, 11) is 0. The highest BCUT2D eigenvalue weighted by Gasteiger charge is 2.10. The van der Waals surface area contributed by atoms with E-state index in [0.717, 1.165) is 31.1 Å². The van der Waals surface area contributed by atoms with Gasteiger partial charge in [-0.2, -0.15) is 0 Å². The number of hydrogen-bond donors (Lipinski definition) is 2. The number of aromatic amines is 1. The third-order valence-electron chi connectivity index (χ3n) is 2.66. The lowest BCUT2D eigenvalue weighted by Gasteiger charge is -2.05. The van der Waals surface area contributed by atoms with Crippen LogP contribution in [0.3, 0.4) is 0 Å². The molecule has 0 aliphatic heterocycles. The molecule has 8 nitrogen and oxygen atoms in total. The van der Waals surface area contributed by atoms with Gasteiger partial charge < -0.3 is 9.67 Å². The Kier molecular flexibility index (Phi) is 4.99. The van der Waals surface area contributed by atoms with Crippen LogP contribution in [-0.2, 0) is 17.9 Å². The Morgan fingerprint density at radius 2 is 2.20 bits per heavy atom. The maximum atomic E-state index is 11.6. The molecule has 0 unspecified atom stereocenters. The number of thioether (sulfide) groups is 1. The number of aliphatic carboxylic acids is 1. The fraction of sp³-hybridized carbons (Fsp3) is 0.455. The van der Waals surface area contributed by atoms with Crippen LogP contribution in [0.25, 0.3) is 0 Å². The fourth-order valence-electron chi connectivity index (χ4n) is 1.72. The van der Waals surface area contributed by atoms with Crippen molar-refractivity contribution in [3.05, 3.63) is 29.2 Å². The summed E-state index contributed by atoms with van der Waals surface area (Å²) in [4.78, 5) is 26.1. The largest absolute Gasteiger partial charge is 0.481 e. The van der Waals surface area contributed by atoms with Gasteiger partial charge in [0.25, 0.3) is 0 Å². The number of imidazole rings is 1. The quantitative estimate of drug-likeness (QED) is 0.540. The van der Waals surface area contributed by atoms with E-state index >= 15 is 0 Å². The van der Waals surface area contributed by atoms with E-state index in [1.54, 1.807) is 12.5 Å².